The number of benzene rings is 1. The molecule has 8 nitrogen and oxygen atoms in total. The number of hydrogen-bond donors (Lipinski definition) is 3. The van der Waals surface area contributed by atoms with Crippen LogP contribution in [-0.4, -0.2) is 45.4 Å². The third kappa shape index (κ3) is 6.49. The number of carboxylic acids is 1. The van der Waals surface area contributed by atoms with Crippen LogP contribution in [0.1, 0.15) is 25.8 Å². The monoisotopic (exact) mass is 338 g/mol. The van der Waals surface area contributed by atoms with Crippen LogP contribution in [-0.2, 0) is 19.1 Å². The molecule has 0 amide bonds. The van der Waals surface area contributed by atoms with Crippen molar-refractivity contribution in [2.45, 2.75) is 32.5 Å². The van der Waals surface area contributed by atoms with E-state index in [1.807, 2.05) is 0 Å². The zero-order valence-corrected chi connectivity index (χ0v) is 13.1. The van der Waals surface area contributed by atoms with Gasteiger partial charge in [0.05, 0.1) is 12.5 Å². The van der Waals surface area contributed by atoms with E-state index in [9.17, 15) is 24.6 Å². The Morgan fingerprint density at radius 3 is 2.46 bits per heavy atom. The van der Waals surface area contributed by atoms with Gasteiger partial charge in [-0.1, -0.05) is 6.07 Å². The fourth-order valence-electron chi connectivity index (χ4n) is 1.59. The maximum atomic E-state index is 11.5. The molecule has 0 saturated carbocycles. The number of ether oxygens (including phenoxy) is 2. The lowest BCUT2D eigenvalue weighted by Gasteiger charge is -2.10. The Bertz CT molecular complexity index is 647. The second-order valence-electron chi connectivity index (χ2n) is 5.08. The first-order valence-corrected chi connectivity index (χ1v) is 7.02. The number of esters is 2. The third-order valence-corrected chi connectivity index (χ3v) is 2.60. The van der Waals surface area contributed by atoms with Crippen molar-refractivity contribution in [2.75, 3.05) is 0 Å². The Hall–Kier alpha value is -2.87. The van der Waals surface area contributed by atoms with Crippen molar-refractivity contribution in [1.82, 2.24) is 0 Å². The molecule has 1 aromatic carbocycles. The predicted molar refractivity (Wildman–Crippen MR) is 82.3 cm³/mol. The molecule has 24 heavy (non-hydrogen) atoms. The minimum Gasteiger partial charge on any atom is -0.504 e. The van der Waals surface area contributed by atoms with Gasteiger partial charge >= 0.3 is 17.9 Å². The van der Waals surface area contributed by atoms with Crippen LogP contribution in [0.25, 0.3) is 6.08 Å². The number of carbonyl (C=O) groups excluding carboxylic acids is 2. The van der Waals surface area contributed by atoms with Crippen molar-refractivity contribution in [3.05, 3.63) is 29.8 Å². The molecule has 1 aromatic rings. The molecule has 0 saturated heterocycles. The molecule has 8 heteroatoms. The summed E-state index contributed by atoms with van der Waals surface area (Å²) < 4.78 is 9.63. The molecule has 0 spiro atoms. The lowest BCUT2D eigenvalue weighted by Crippen LogP contribution is -2.28. The highest BCUT2D eigenvalue weighted by Gasteiger charge is 2.21. The smallest absolute Gasteiger partial charge is 0.341 e. The number of carbonyl (C=O) groups is 3. The molecule has 1 rings (SSSR count). The van der Waals surface area contributed by atoms with E-state index in [0.29, 0.717) is 5.56 Å². The fourth-order valence-corrected chi connectivity index (χ4v) is 1.59. The van der Waals surface area contributed by atoms with Crippen molar-refractivity contribution in [1.29, 1.82) is 0 Å². The van der Waals surface area contributed by atoms with Crippen molar-refractivity contribution in [3.63, 3.8) is 0 Å². The van der Waals surface area contributed by atoms with Crippen LogP contribution in [0.15, 0.2) is 24.3 Å². The van der Waals surface area contributed by atoms with Gasteiger partial charge < -0.3 is 24.8 Å². The first-order valence-electron chi connectivity index (χ1n) is 7.02. The van der Waals surface area contributed by atoms with Gasteiger partial charge in [0, 0.05) is 6.08 Å². The summed E-state index contributed by atoms with van der Waals surface area (Å²) in [4.78, 5) is 33.3. The lowest BCUT2D eigenvalue weighted by molar-refractivity contribution is -0.151. The van der Waals surface area contributed by atoms with Crippen LogP contribution >= 0.6 is 0 Å². The zero-order valence-electron chi connectivity index (χ0n) is 13.1. The van der Waals surface area contributed by atoms with E-state index >= 15 is 0 Å². The highest BCUT2D eigenvalue weighted by Crippen LogP contribution is 2.27. The summed E-state index contributed by atoms with van der Waals surface area (Å²) >= 11 is 0. The van der Waals surface area contributed by atoms with Gasteiger partial charge in [-0.15, -0.1) is 0 Å². The van der Waals surface area contributed by atoms with Gasteiger partial charge in [-0.25, -0.2) is 9.59 Å². The first kappa shape index (κ1) is 19.2. The summed E-state index contributed by atoms with van der Waals surface area (Å²) in [5.74, 6) is -3.76. The highest BCUT2D eigenvalue weighted by atomic mass is 16.6. The van der Waals surface area contributed by atoms with E-state index in [1.165, 1.54) is 30.4 Å². The molecule has 0 aromatic heterocycles. The summed E-state index contributed by atoms with van der Waals surface area (Å²) in [7, 11) is 0. The Kier molecular flexibility index (Phi) is 6.94. The Morgan fingerprint density at radius 2 is 1.92 bits per heavy atom. The van der Waals surface area contributed by atoms with Crippen LogP contribution in [0.3, 0.4) is 0 Å². The molecule has 3 N–H and O–H groups in total. The van der Waals surface area contributed by atoms with E-state index < -0.39 is 36.2 Å². The average molecular weight is 338 g/mol. The van der Waals surface area contributed by atoms with Crippen LogP contribution in [0.5, 0.6) is 11.5 Å². The number of aliphatic hydroxyl groups excluding tert-OH is 1. The fraction of sp³-hybridized carbons (Fsp3) is 0.312. The summed E-state index contributed by atoms with van der Waals surface area (Å²) in [6, 6.07) is 3.92. The highest BCUT2D eigenvalue weighted by molar-refractivity contribution is 5.87. The van der Waals surface area contributed by atoms with E-state index in [0.717, 1.165) is 0 Å². The summed E-state index contributed by atoms with van der Waals surface area (Å²) in [6.45, 7) is 3.42. The van der Waals surface area contributed by atoms with Gasteiger partial charge in [0.2, 0.25) is 0 Å². The van der Waals surface area contributed by atoms with Crippen molar-refractivity contribution < 1.29 is 39.2 Å². The van der Waals surface area contributed by atoms with Crippen molar-refractivity contribution in [2.24, 2.45) is 0 Å². The lowest BCUT2D eigenvalue weighted by atomic mass is 10.2. The molecule has 0 heterocycles. The Morgan fingerprint density at radius 1 is 1.25 bits per heavy atom. The molecule has 130 valence electrons. The number of carboxylic acid groups (broad SMARTS) is 1. The number of rotatable bonds is 7. The van der Waals surface area contributed by atoms with Crippen LogP contribution in [0, 0.1) is 0 Å². The molecular formula is C16H18O8. The maximum Gasteiger partial charge on any atom is 0.341 e. The molecule has 1 unspecified atom stereocenters. The zero-order chi connectivity index (χ0) is 18.3. The van der Waals surface area contributed by atoms with Gasteiger partial charge in [0.15, 0.2) is 17.6 Å². The summed E-state index contributed by atoms with van der Waals surface area (Å²) in [6.07, 6.45) is -0.327. The maximum absolute atomic E-state index is 11.5. The number of phenolic OH excluding ortho intramolecular Hbond substituents is 1. The second-order valence-corrected chi connectivity index (χ2v) is 5.08. The van der Waals surface area contributed by atoms with Crippen LogP contribution in [0.4, 0.5) is 0 Å². The molecule has 1 atom stereocenters. The minimum absolute atomic E-state index is 0.244. The van der Waals surface area contributed by atoms with Gasteiger partial charge in [-0.2, -0.15) is 0 Å². The summed E-state index contributed by atoms with van der Waals surface area (Å²) in [5.41, 5.74) is 0.444. The number of hydrogen-bond acceptors (Lipinski definition) is 7. The van der Waals surface area contributed by atoms with Crippen molar-refractivity contribution in [3.8, 4) is 11.5 Å². The van der Waals surface area contributed by atoms with E-state index in [4.69, 9.17) is 14.6 Å². The Balaban J connectivity index is 2.74. The van der Waals surface area contributed by atoms with E-state index in [2.05, 4.69) is 0 Å². The number of aliphatic carboxylic acids is 1. The minimum atomic E-state index is -1.84. The van der Waals surface area contributed by atoms with Crippen LogP contribution < -0.4 is 4.74 Å². The molecular weight excluding hydrogens is 320 g/mol. The largest absolute Gasteiger partial charge is 0.504 e. The number of aromatic hydroxyl groups is 1. The number of aliphatic hydroxyl groups is 1. The quantitative estimate of drug-likeness (QED) is 0.383. The number of phenols is 1. The predicted octanol–water partition coefficient (Wildman–Crippen LogP) is 1.10. The van der Waals surface area contributed by atoms with Gasteiger partial charge in [0.25, 0.3) is 0 Å². The average Bonchev–Trinajstić information content (AvgIpc) is 2.46. The SMILES string of the molecule is CC(C)OC(=O)/C=C/c1ccc(OC(=O)C(O)CC(=O)O)c(O)c1. The molecule has 0 aliphatic heterocycles. The van der Waals surface area contributed by atoms with Gasteiger partial charge in [-0.05, 0) is 37.6 Å². The third-order valence-electron chi connectivity index (χ3n) is 2.60. The van der Waals surface area contributed by atoms with E-state index in [-0.39, 0.29) is 11.9 Å². The van der Waals surface area contributed by atoms with Crippen molar-refractivity contribution >= 4 is 24.0 Å². The standard InChI is InChI=1S/C16H18O8/c1-9(2)23-15(21)6-4-10-3-5-13(11(17)7-10)24-16(22)12(18)8-14(19)20/h3-7,9,12,17-18H,8H2,1-2H3,(H,19,20)/b6-4+. The summed E-state index contributed by atoms with van der Waals surface area (Å²) in [5, 5.41) is 27.6. The van der Waals surface area contributed by atoms with Gasteiger partial charge in [-0.3, -0.25) is 4.79 Å². The molecule has 0 bridgehead atoms. The topological polar surface area (TPSA) is 130 Å². The first-order chi connectivity index (χ1) is 11.2. The molecule has 0 radical (unpaired) electrons. The van der Waals surface area contributed by atoms with E-state index in [1.54, 1.807) is 13.8 Å². The van der Waals surface area contributed by atoms with Gasteiger partial charge in [0.1, 0.15) is 0 Å². The second kappa shape index (κ2) is 8.68. The molecule has 0 aliphatic rings. The Labute approximate surface area is 137 Å². The van der Waals surface area contributed by atoms with Crippen LogP contribution in [0.2, 0.25) is 0 Å². The molecule has 0 aliphatic carbocycles. The normalized spacial score (nSPS) is 12.2. The molecule has 0 fully saturated rings.